The van der Waals surface area contributed by atoms with Crippen LogP contribution in [0.4, 0.5) is 4.79 Å². The fraction of sp³-hybridized carbons (Fsp3) is 0.286. The Hall–Kier alpha value is -3.25. The molecule has 0 aliphatic carbocycles. The van der Waals surface area contributed by atoms with Crippen LogP contribution in [-0.4, -0.2) is 33.8 Å². The lowest BCUT2D eigenvalue weighted by Crippen LogP contribution is -2.32. The van der Waals surface area contributed by atoms with Crippen molar-refractivity contribution in [1.82, 2.24) is 9.47 Å². The molecule has 1 fully saturated rings. The van der Waals surface area contributed by atoms with E-state index in [2.05, 4.69) is 49.6 Å². The van der Waals surface area contributed by atoms with Crippen molar-refractivity contribution in [3.05, 3.63) is 86.6 Å². The third-order valence-corrected chi connectivity index (χ3v) is 7.20. The molecule has 4 rings (SSSR count). The predicted octanol–water partition coefficient (Wildman–Crippen LogP) is 6.44. The van der Waals surface area contributed by atoms with Crippen LogP contribution in [0.25, 0.3) is 11.8 Å². The lowest BCUT2D eigenvalue weighted by molar-refractivity contribution is -0.123. The van der Waals surface area contributed by atoms with Gasteiger partial charge in [-0.15, -0.1) is 0 Å². The second kappa shape index (κ2) is 9.55. The van der Waals surface area contributed by atoms with Gasteiger partial charge >= 0.3 is 0 Å². The van der Waals surface area contributed by atoms with E-state index in [1.54, 1.807) is 0 Å². The lowest BCUT2D eigenvalue weighted by atomic mass is 10.1. The minimum absolute atomic E-state index is 0.219. The largest absolute Gasteiger partial charge is 0.491 e. The minimum Gasteiger partial charge on any atom is -0.491 e. The maximum Gasteiger partial charge on any atom is 0.293 e. The Balaban J connectivity index is 1.51. The molecule has 0 bridgehead atoms. The maximum absolute atomic E-state index is 13.0. The first-order valence-electron chi connectivity index (χ1n) is 11.4. The highest BCUT2D eigenvalue weighted by Gasteiger charge is 2.35. The van der Waals surface area contributed by atoms with Gasteiger partial charge in [0.25, 0.3) is 11.1 Å². The van der Waals surface area contributed by atoms with Crippen LogP contribution in [-0.2, 0) is 4.79 Å². The molecule has 2 amide bonds. The number of aryl methyl sites for hydroxylation is 5. The molecule has 0 atom stereocenters. The van der Waals surface area contributed by atoms with E-state index in [-0.39, 0.29) is 24.3 Å². The first-order chi connectivity index (χ1) is 16.2. The van der Waals surface area contributed by atoms with Crippen molar-refractivity contribution < 1.29 is 14.3 Å². The van der Waals surface area contributed by atoms with Crippen molar-refractivity contribution in [3.63, 3.8) is 0 Å². The zero-order valence-corrected chi connectivity index (χ0v) is 21.4. The van der Waals surface area contributed by atoms with Crippen LogP contribution in [0.3, 0.4) is 0 Å². The molecule has 2 heterocycles. The summed E-state index contributed by atoms with van der Waals surface area (Å²) in [5, 5.41) is -0.260. The summed E-state index contributed by atoms with van der Waals surface area (Å²) >= 11 is 0.986. The summed E-state index contributed by atoms with van der Waals surface area (Å²) in [6, 6.07) is 14.5. The van der Waals surface area contributed by atoms with E-state index in [0.29, 0.717) is 4.91 Å². The van der Waals surface area contributed by atoms with Gasteiger partial charge in [-0.25, -0.2) is 0 Å². The van der Waals surface area contributed by atoms with Gasteiger partial charge in [0.1, 0.15) is 12.4 Å². The number of ether oxygens (including phenoxy) is 1. The standard InChI is InChI=1S/C28H30N2O3S/c1-17-7-8-19(3)25(13-17)33-12-11-29-27(31)26(34-28(29)32)16-23-15-21(5)30(22(23)6)24-10-9-18(2)20(4)14-24/h7-10,13-16H,11-12H2,1-6H3/b26-16-. The number of carbonyl (C=O) groups is 2. The van der Waals surface area contributed by atoms with Gasteiger partial charge < -0.3 is 9.30 Å². The molecule has 0 saturated carbocycles. The van der Waals surface area contributed by atoms with Crippen LogP contribution in [0.2, 0.25) is 0 Å². The van der Waals surface area contributed by atoms with E-state index in [4.69, 9.17) is 4.74 Å². The number of carbonyl (C=O) groups excluding carboxylic acids is 2. The van der Waals surface area contributed by atoms with Crippen LogP contribution < -0.4 is 4.74 Å². The molecule has 6 heteroatoms. The molecule has 1 aromatic heterocycles. The average Bonchev–Trinajstić information content (AvgIpc) is 3.21. The van der Waals surface area contributed by atoms with Crippen molar-refractivity contribution in [2.45, 2.75) is 41.5 Å². The molecule has 3 aromatic rings. The van der Waals surface area contributed by atoms with E-state index in [1.807, 2.05) is 45.0 Å². The zero-order chi connectivity index (χ0) is 24.6. The molecule has 2 aromatic carbocycles. The van der Waals surface area contributed by atoms with E-state index >= 15 is 0 Å². The van der Waals surface area contributed by atoms with Crippen molar-refractivity contribution in [2.75, 3.05) is 13.2 Å². The maximum atomic E-state index is 13.0. The van der Waals surface area contributed by atoms with E-state index in [0.717, 1.165) is 51.3 Å². The molecular formula is C28H30N2O3S. The Morgan fingerprint density at radius 2 is 1.62 bits per heavy atom. The summed E-state index contributed by atoms with van der Waals surface area (Å²) in [5.74, 6) is 0.511. The van der Waals surface area contributed by atoms with Gasteiger partial charge in [0, 0.05) is 17.1 Å². The molecule has 1 aliphatic rings. The molecule has 5 nitrogen and oxygen atoms in total. The van der Waals surface area contributed by atoms with Gasteiger partial charge in [-0.3, -0.25) is 14.5 Å². The lowest BCUT2D eigenvalue weighted by Gasteiger charge is -2.14. The highest BCUT2D eigenvalue weighted by atomic mass is 32.2. The molecule has 1 saturated heterocycles. The Morgan fingerprint density at radius 1 is 0.882 bits per heavy atom. The molecule has 1 aliphatic heterocycles. The van der Waals surface area contributed by atoms with Crippen LogP contribution in [0.15, 0.2) is 47.4 Å². The third-order valence-electron chi connectivity index (χ3n) is 6.30. The van der Waals surface area contributed by atoms with E-state index < -0.39 is 0 Å². The summed E-state index contributed by atoms with van der Waals surface area (Å²) in [4.78, 5) is 27.3. The summed E-state index contributed by atoms with van der Waals surface area (Å²) in [6.45, 7) is 12.8. The predicted molar refractivity (Wildman–Crippen MR) is 139 cm³/mol. The van der Waals surface area contributed by atoms with Crippen molar-refractivity contribution in [3.8, 4) is 11.4 Å². The SMILES string of the molecule is Cc1ccc(C)c(OCCN2C(=O)S/C(=C\c3cc(C)n(-c4ccc(C)c(C)c4)c3C)C2=O)c1. The first-order valence-corrected chi connectivity index (χ1v) is 12.2. The molecule has 0 unspecified atom stereocenters. The highest BCUT2D eigenvalue weighted by molar-refractivity contribution is 8.18. The first kappa shape index (κ1) is 23.9. The number of aromatic nitrogens is 1. The second-order valence-corrected chi connectivity index (χ2v) is 9.87. The smallest absolute Gasteiger partial charge is 0.293 e. The number of benzene rings is 2. The molecule has 0 radical (unpaired) electrons. The summed E-state index contributed by atoms with van der Waals surface area (Å²) < 4.78 is 8.04. The Morgan fingerprint density at radius 3 is 2.35 bits per heavy atom. The summed E-state index contributed by atoms with van der Waals surface area (Å²) in [7, 11) is 0. The molecule has 34 heavy (non-hydrogen) atoms. The van der Waals surface area contributed by atoms with Crippen LogP contribution in [0, 0.1) is 41.5 Å². The number of hydrogen-bond donors (Lipinski definition) is 0. The van der Waals surface area contributed by atoms with Crippen LogP contribution in [0.1, 0.15) is 39.2 Å². The normalized spacial score (nSPS) is 15.0. The fourth-order valence-corrected chi connectivity index (χ4v) is 5.00. The average molecular weight is 475 g/mol. The van der Waals surface area contributed by atoms with E-state index in [1.165, 1.54) is 16.0 Å². The number of amides is 2. The monoisotopic (exact) mass is 474 g/mol. The molecule has 0 spiro atoms. The third kappa shape index (κ3) is 4.68. The Labute approximate surface area is 205 Å². The Bertz CT molecular complexity index is 1320. The molecule has 176 valence electrons. The quantitative estimate of drug-likeness (QED) is 0.386. The molecule has 0 N–H and O–H groups in total. The van der Waals surface area contributed by atoms with E-state index in [9.17, 15) is 9.59 Å². The Kier molecular flexibility index (Phi) is 6.71. The number of hydrogen-bond acceptors (Lipinski definition) is 4. The van der Waals surface area contributed by atoms with Crippen molar-refractivity contribution in [2.24, 2.45) is 0 Å². The van der Waals surface area contributed by atoms with Gasteiger partial charge in [-0.05, 0) is 111 Å². The number of thioether (sulfide) groups is 1. The minimum atomic E-state index is -0.268. The number of nitrogens with zero attached hydrogens (tertiary/aromatic N) is 2. The number of imide groups is 1. The van der Waals surface area contributed by atoms with Crippen molar-refractivity contribution in [1.29, 1.82) is 0 Å². The van der Waals surface area contributed by atoms with Gasteiger partial charge in [0.15, 0.2) is 0 Å². The number of rotatable bonds is 6. The highest BCUT2D eigenvalue weighted by Crippen LogP contribution is 2.34. The fourth-order valence-electron chi connectivity index (χ4n) is 4.14. The van der Waals surface area contributed by atoms with Crippen LogP contribution in [0.5, 0.6) is 5.75 Å². The zero-order valence-electron chi connectivity index (χ0n) is 20.6. The van der Waals surface area contributed by atoms with Gasteiger partial charge in [-0.1, -0.05) is 18.2 Å². The van der Waals surface area contributed by atoms with Gasteiger partial charge in [0.05, 0.1) is 11.4 Å². The summed E-state index contributed by atoms with van der Waals surface area (Å²) in [5.41, 5.74) is 8.76. The van der Waals surface area contributed by atoms with Gasteiger partial charge in [-0.2, -0.15) is 0 Å². The molecular weight excluding hydrogens is 444 g/mol. The summed E-state index contributed by atoms with van der Waals surface area (Å²) in [6.07, 6.45) is 1.83. The van der Waals surface area contributed by atoms with Gasteiger partial charge in [0.2, 0.25) is 0 Å². The van der Waals surface area contributed by atoms with Crippen LogP contribution >= 0.6 is 11.8 Å². The van der Waals surface area contributed by atoms with Crippen molar-refractivity contribution >= 4 is 29.0 Å². The second-order valence-electron chi connectivity index (χ2n) is 8.88. The topological polar surface area (TPSA) is 51.5 Å².